The normalized spacial score (nSPS) is 34.4. The maximum Gasteiger partial charge on any atom is 0.309 e. The topological polar surface area (TPSA) is 128 Å². The van der Waals surface area contributed by atoms with Crippen LogP contribution in [0.4, 0.5) is 4.39 Å². The number of aromatic nitrogens is 4. The number of carboxylic acids is 1. The van der Waals surface area contributed by atoms with Gasteiger partial charge in [0.2, 0.25) is 0 Å². The number of allylic oxidation sites excluding steroid dienone is 2. The largest absolute Gasteiger partial charge is 0.481 e. The summed E-state index contributed by atoms with van der Waals surface area (Å²) < 4.78 is 22.3. The van der Waals surface area contributed by atoms with Crippen LogP contribution in [0.5, 0.6) is 0 Å². The second kappa shape index (κ2) is 14.6. The van der Waals surface area contributed by atoms with Gasteiger partial charge in [-0.2, -0.15) is 0 Å². The molecule has 5 aliphatic carbocycles. The van der Waals surface area contributed by atoms with E-state index in [2.05, 4.69) is 68.0 Å². The number of pyridine rings is 1. The molecular formula is C47H68FN5O5. The molecule has 5 aliphatic rings. The van der Waals surface area contributed by atoms with E-state index in [0.717, 1.165) is 69.3 Å². The van der Waals surface area contributed by atoms with Gasteiger partial charge in [0.15, 0.2) is 11.6 Å². The second-order valence-electron chi connectivity index (χ2n) is 21.6. The molecule has 0 radical (unpaired) electrons. The quantitative estimate of drug-likeness (QED) is 0.222. The van der Waals surface area contributed by atoms with Crippen molar-refractivity contribution < 1.29 is 28.6 Å². The first-order valence-electron chi connectivity index (χ1n) is 21.9. The van der Waals surface area contributed by atoms with Crippen molar-refractivity contribution in [2.45, 2.75) is 146 Å². The third-order valence-corrected chi connectivity index (χ3v) is 17.0. The highest BCUT2D eigenvalue weighted by atomic mass is 19.1. The molecule has 0 aromatic carbocycles. The molecular weight excluding hydrogens is 734 g/mol. The van der Waals surface area contributed by atoms with E-state index >= 15 is 0 Å². The predicted octanol–water partition coefficient (Wildman–Crippen LogP) is 8.98. The first kappa shape index (κ1) is 42.6. The summed E-state index contributed by atoms with van der Waals surface area (Å²) in [6.45, 7) is 21.2. The van der Waals surface area contributed by atoms with Gasteiger partial charge < -0.3 is 19.3 Å². The summed E-state index contributed by atoms with van der Waals surface area (Å²) in [5.41, 5.74) is 1.36. The molecule has 1 N–H and O–H groups in total. The highest BCUT2D eigenvalue weighted by Crippen LogP contribution is 2.77. The van der Waals surface area contributed by atoms with Crippen molar-refractivity contribution in [3.8, 4) is 11.5 Å². The van der Waals surface area contributed by atoms with E-state index in [-0.39, 0.29) is 51.4 Å². The Morgan fingerprint density at radius 3 is 2.34 bits per heavy atom. The first-order chi connectivity index (χ1) is 27.0. The van der Waals surface area contributed by atoms with Crippen molar-refractivity contribution in [1.29, 1.82) is 0 Å². The van der Waals surface area contributed by atoms with Crippen molar-refractivity contribution in [2.24, 2.45) is 56.2 Å². The highest BCUT2D eigenvalue weighted by molar-refractivity contribution is 6.00. The van der Waals surface area contributed by atoms with E-state index in [0.29, 0.717) is 48.5 Å². The van der Waals surface area contributed by atoms with Crippen molar-refractivity contribution in [3.05, 3.63) is 41.1 Å². The van der Waals surface area contributed by atoms with Crippen molar-refractivity contribution >= 4 is 17.7 Å². The number of Topliss-reactive ketones (excluding diaryl/α,β-unsaturated/α-hetero) is 1. The van der Waals surface area contributed by atoms with Crippen LogP contribution in [0.15, 0.2) is 29.5 Å². The zero-order valence-corrected chi connectivity index (χ0v) is 37.0. The molecule has 10 nitrogen and oxygen atoms in total. The number of fused-ring (bicyclic) bond motifs is 7. The monoisotopic (exact) mass is 802 g/mol. The van der Waals surface area contributed by atoms with Crippen LogP contribution in [-0.2, 0) is 32.1 Å². The molecule has 4 saturated carbocycles. The van der Waals surface area contributed by atoms with Crippen LogP contribution in [0.1, 0.15) is 132 Å². The third-order valence-electron chi connectivity index (χ3n) is 17.0. The molecule has 2 heterocycles. The molecule has 8 atom stereocenters. The predicted molar refractivity (Wildman–Crippen MR) is 221 cm³/mol. The van der Waals surface area contributed by atoms with Crippen LogP contribution in [0, 0.1) is 62.0 Å². The molecule has 2 aromatic heterocycles. The van der Waals surface area contributed by atoms with Gasteiger partial charge >= 0.3 is 11.9 Å². The number of rotatable bonds is 11. The number of ether oxygens (including phenoxy) is 1. The lowest BCUT2D eigenvalue weighted by Crippen LogP contribution is -2.65. The lowest BCUT2D eigenvalue weighted by Gasteiger charge is -2.72. The fraction of sp³-hybridized carbons (Fsp3) is 0.745. The first-order valence-corrected chi connectivity index (χ1v) is 21.9. The molecule has 0 bridgehead atoms. The van der Waals surface area contributed by atoms with Crippen molar-refractivity contribution in [1.82, 2.24) is 24.6 Å². The van der Waals surface area contributed by atoms with Crippen molar-refractivity contribution in [2.75, 3.05) is 20.6 Å². The van der Waals surface area contributed by atoms with E-state index in [4.69, 9.17) is 9.84 Å². The van der Waals surface area contributed by atoms with Gasteiger partial charge in [-0.15, -0.1) is 10.2 Å². The fourth-order valence-corrected chi connectivity index (χ4v) is 13.8. The highest BCUT2D eigenvalue weighted by Gasteiger charge is 2.70. The van der Waals surface area contributed by atoms with E-state index in [1.54, 1.807) is 19.9 Å². The SMILES string of the molecule is CC(C)C1=C2[C@H]3CC[C@@H]4[C@@]5(C)CC[C@H](OC(=O)CC(C)(C)C(=O)O)C(C)(C)[C@@H]5CC[C@@]4(C)[C@]3(C)CC[C@@]2(Cc2nnc(-c3ccc(F)cn3)n2CCN(C)C)CC1=O. The lowest BCUT2D eigenvalue weighted by atomic mass is 9.33. The minimum Gasteiger partial charge on any atom is -0.481 e. The number of likely N-dealkylation sites (N-methyl/N-ethyl adjacent to an activating group) is 1. The molecule has 7 rings (SSSR count). The van der Waals surface area contributed by atoms with Gasteiger partial charge in [-0.05, 0) is 137 Å². The number of nitrogens with zero attached hydrogens (tertiary/aromatic N) is 5. The molecule has 4 fully saturated rings. The average Bonchev–Trinajstić information content (AvgIpc) is 3.66. The molecule has 58 heavy (non-hydrogen) atoms. The number of aliphatic carboxylic acids is 1. The summed E-state index contributed by atoms with van der Waals surface area (Å²) in [5.74, 6) is 1.21. The maximum absolute atomic E-state index is 14.4. The maximum atomic E-state index is 14.4. The Balaban J connectivity index is 1.21. The Hall–Kier alpha value is -3.47. The molecule has 0 saturated heterocycles. The lowest BCUT2D eigenvalue weighted by molar-refractivity contribution is -0.233. The van der Waals surface area contributed by atoms with E-state index < -0.39 is 23.2 Å². The molecule has 0 unspecified atom stereocenters. The molecule has 11 heteroatoms. The van der Waals surface area contributed by atoms with E-state index in [1.807, 2.05) is 14.1 Å². The average molecular weight is 802 g/mol. The Morgan fingerprint density at radius 1 is 0.983 bits per heavy atom. The van der Waals surface area contributed by atoms with Crippen LogP contribution in [0.2, 0.25) is 0 Å². The zero-order chi connectivity index (χ0) is 42.4. The standard InChI is InChI=1S/C47H68FN5O5/c1-28(2)38-32(54)24-47(25-36-50-51-40(53(36)23-22-52(10)11)31-14-12-29(48)27-49-31)21-20-45(8)30(39(38)47)13-15-34-44(7)18-17-35(58-37(55)26-42(3,4)41(56)57)43(5,6)33(44)16-19-46(34,45)9/h12,14,27-28,30,33-35H,13,15-26H2,1-11H3,(H,56,57)/t30-,33+,34-,35+,44+,45-,46-,47+/m1/s1. The van der Waals surface area contributed by atoms with Gasteiger partial charge in [-0.3, -0.25) is 14.4 Å². The summed E-state index contributed by atoms with van der Waals surface area (Å²) in [7, 11) is 4.09. The third kappa shape index (κ3) is 6.68. The number of carboxylic acid groups (broad SMARTS) is 1. The molecule has 0 aliphatic heterocycles. The summed E-state index contributed by atoms with van der Waals surface area (Å²) >= 11 is 0. The number of carbonyl (C=O) groups is 3. The van der Waals surface area contributed by atoms with Crippen LogP contribution in [0.3, 0.4) is 0 Å². The van der Waals surface area contributed by atoms with Crippen molar-refractivity contribution in [3.63, 3.8) is 0 Å². The second-order valence-corrected chi connectivity index (χ2v) is 21.6. The van der Waals surface area contributed by atoms with Crippen LogP contribution >= 0.6 is 0 Å². The van der Waals surface area contributed by atoms with Gasteiger partial charge in [0, 0.05) is 36.8 Å². The van der Waals surface area contributed by atoms with Gasteiger partial charge in [0.1, 0.15) is 23.4 Å². The van der Waals surface area contributed by atoms with Gasteiger partial charge in [0.05, 0.1) is 18.0 Å². The Morgan fingerprint density at radius 2 is 1.71 bits per heavy atom. The van der Waals surface area contributed by atoms with Crippen LogP contribution in [0.25, 0.3) is 11.5 Å². The molecule has 318 valence electrons. The number of hydrogen-bond donors (Lipinski definition) is 1. The molecule has 0 amide bonds. The number of ketones is 1. The number of carbonyl (C=O) groups excluding carboxylic acids is 2. The van der Waals surface area contributed by atoms with Crippen LogP contribution in [-0.4, -0.2) is 74.2 Å². The Labute approximate surface area is 345 Å². The fourth-order valence-electron chi connectivity index (χ4n) is 13.8. The minimum atomic E-state index is -1.17. The van der Waals surface area contributed by atoms with E-state index in [1.165, 1.54) is 17.8 Å². The number of halogens is 1. The summed E-state index contributed by atoms with van der Waals surface area (Å²) in [6.07, 6.45) is 9.93. The Kier molecular flexibility index (Phi) is 10.7. The zero-order valence-electron chi connectivity index (χ0n) is 37.0. The van der Waals surface area contributed by atoms with E-state index in [9.17, 15) is 23.9 Å². The minimum absolute atomic E-state index is 0.00878. The van der Waals surface area contributed by atoms with Crippen LogP contribution < -0.4 is 0 Å². The van der Waals surface area contributed by atoms with Gasteiger partial charge in [-0.25, -0.2) is 9.37 Å². The smallest absolute Gasteiger partial charge is 0.309 e. The summed E-state index contributed by atoms with van der Waals surface area (Å²) in [6, 6.07) is 3.08. The van der Waals surface area contributed by atoms with Gasteiger partial charge in [-0.1, -0.05) is 54.0 Å². The molecule has 0 spiro atoms. The summed E-state index contributed by atoms with van der Waals surface area (Å²) in [4.78, 5) is 45.9. The van der Waals surface area contributed by atoms with Gasteiger partial charge in [0.25, 0.3) is 0 Å². The number of hydrogen-bond acceptors (Lipinski definition) is 8. The number of esters is 1. The Bertz CT molecular complexity index is 1990. The summed E-state index contributed by atoms with van der Waals surface area (Å²) in [5, 5.41) is 19.1. The molecule has 2 aromatic rings.